The molecule has 4 aliphatic heterocycles. The van der Waals surface area contributed by atoms with E-state index < -0.39 is 0 Å². The zero-order valence-corrected chi connectivity index (χ0v) is 35.6. The lowest BCUT2D eigenvalue weighted by Crippen LogP contribution is -2.69. The van der Waals surface area contributed by atoms with Gasteiger partial charge in [-0.1, -0.05) is 58.5 Å². The zero-order chi connectivity index (χ0) is 39.9. The van der Waals surface area contributed by atoms with Crippen molar-refractivity contribution in [3.8, 4) is 0 Å². The lowest BCUT2D eigenvalue weighted by molar-refractivity contribution is -0.695. The lowest BCUT2D eigenvalue weighted by atomic mass is 9.90. The topological polar surface area (TPSA) is 82.5 Å². The van der Waals surface area contributed by atoms with Crippen molar-refractivity contribution in [1.82, 2.24) is 10.6 Å². The smallest absolute Gasteiger partial charge is 0.226 e. The summed E-state index contributed by atoms with van der Waals surface area (Å²) in [6, 6.07) is 13.7. The van der Waals surface area contributed by atoms with Gasteiger partial charge in [-0.25, -0.2) is 9.56 Å². The van der Waals surface area contributed by atoms with E-state index in [0.29, 0.717) is 39.0 Å². The molecular weight excluding hydrogens is 757 g/mol. The van der Waals surface area contributed by atoms with Crippen molar-refractivity contribution in [1.29, 1.82) is 0 Å². The fourth-order valence-electron chi connectivity index (χ4n) is 8.57. The number of pyridine rings is 1. The summed E-state index contributed by atoms with van der Waals surface area (Å²) in [4.78, 5) is 33.1. The van der Waals surface area contributed by atoms with Gasteiger partial charge in [0.05, 0.1) is 12.8 Å². The van der Waals surface area contributed by atoms with Crippen LogP contribution in [0.2, 0.25) is 0 Å². The summed E-state index contributed by atoms with van der Waals surface area (Å²) in [7, 11) is 3.43. The predicted molar refractivity (Wildman–Crippen MR) is 246 cm³/mol. The van der Waals surface area contributed by atoms with Gasteiger partial charge in [-0.3, -0.25) is 9.59 Å². The first-order chi connectivity index (χ1) is 28.5. The molecular formula is C48H60N6O2S2+2. The quantitative estimate of drug-likeness (QED) is 0.0459. The highest BCUT2D eigenvalue weighted by Crippen LogP contribution is 2.37. The van der Waals surface area contributed by atoms with Crippen LogP contribution in [0.25, 0.3) is 18.2 Å². The number of anilines is 2. The van der Waals surface area contributed by atoms with Crippen LogP contribution >= 0.6 is 21.6 Å². The molecule has 7 rings (SSSR count). The van der Waals surface area contributed by atoms with Crippen molar-refractivity contribution >= 4 is 69.2 Å². The molecule has 8 nitrogen and oxygen atoms in total. The van der Waals surface area contributed by atoms with Gasteiger partial charge < -0.3 is 20.4 Å². The van der Waals surface area contributed by atoms with Gasteiger partial charge in [0.2, 0.25) is 11.8 Å². The Bertz CT molecular complexity index is 1980. The Kier molecular flexibility index (Phi) is 15.4. The number of benzene rings is 2. The van der Waals surface area contributed by atoms with Crippen molar-refractivity contribution in [3.05, 3.63) is 118 Å². The predicted octanol–water partition coefficient (Wildman–Crippen LogP) is 5.91. The number of nitrogens with zero attached hydrogens (tertiary/aromatic N) is 3. The highest BCUT2D eigenvalue weighted by Gasteiger charge is 2.25. The molecule has 0 saturated heterocycles. The number of carbonyl (C=O) groups is 2. The number of aromatic nitrogens is 1. The molecule has 0 atom stereocenters. The highest BCUT2D eigenvalue weighted by molar-refractivity contribution is 8.76. The van der Waals surface area contributed by atoms with Gasteiger partial charge in [-0.15, -0.1) is 0 Å². The maximum absolute atomic E-state index is 12.4. The van der Waals surface area contributed by atoms with Crippen molar-refractivity contribution in [2.24, 2.45) is 0 Å². The third-order valence-corrected chi connectivity index (χ3v) is 13.8. The van der Waals surface area contributed by atoms with Gasteiger partial charge in [-0.2, -0.15) is 0 Å². The third-order valence-electron chi connectivity index (χ3n) is 11.4. The first-order valence-corrected chi connectivity index (χ1v) is 23.8. The summed E-state index contributed by atoms with van der Waals surface area (Å²) >= 11 is 0. The standard InChI is InChI=1S/C48H58N6O2S2/c1-2-37(11-13-39-33-41-7-3-24-53-25-4-8-42(34-39)47(41)53)15-20-49-21-16-45(55)50-22-31-57-58-32-23-51-46(56)19-30-52-28-17-38(18-29-52)12-14-40-35-43-9-5-26-54-27-6-10-44(36-40)48(43)54/h2,11-15,17-18,20,28-29,33-36H,1,3-10,16,19,21-27,30-32H2,(H-,50,51,55,56)/p+2/b13-11+,37-15+,49-20?. The Morgan fingerprint density at radius 3 is 1.74 bits per heavy atom. The van der Waals surface area contributed by atoms with E-state index in [-0.39, 0.29) is 11.8 Å². The van der Waals surface area contributed by atoms with Gasteiger partial charge in [0.25, 0.3) is 0 Å². The lowest BCUT2D eigenvalue weighted by Gasteiger charge is -2.37. The minimum atomic E-state index is 0.0384. The number of carbonyl (C=O) groups excluding carboxylic acids is 2. The summed E-state index contributed by atoms with van der Waals surface area (Å²) in [6.45, 7) is 11.2. The van der Waals surface area contributed by atoms with Crippen LogP contribution in [0.4, 0.5) is 11.4 Å². The first kappa shape index (κ1) is 41.6. The molecule has 4 aliphatic rings. The summed E-state index contributed by atoms with van der Waals surface area (Å²) in [5, 5.41) is 6.03. The van der Waals surface area contributed by atoms with Gasteiger partial charge in [0, 0.05) is 80.4 Å². The molecule has 0 radical (unpaired) electrons. The van der Waals surface area contributed by atoms with E-state index in [9.17, 15) is 9.59 Å². The molecule has 304 valence electrons. The monoisotopic (exact) mass is 816 g/mol. The van der Waals surface area contributed by atoms with Crippen LogP contribution in [-0.4, -0.2) is 75.3 Å². The molecule has 2 amide bonds. The number of rotatable bonds is 19. The average molecular weight is 817 g/mol. The van der Waals surface area contributed by atoms with Crippen molar-refractivity contribution in [2.75, 3.05) is 67.1 Å². The summed E-state index contributed by atoms with van der Waals surface area (Å²) < 4.78 is 2.06. The van der Waals surface area contributed by atoms with Crippen LogP contribution in [0.15, 0.2) is 79.2 Å². The molecule has 1 aromatic heterocycles. The maximum atomic E-state index is 12.4. The molecule has 3 aromatic rings. The second kappa shape index (κ2) is 21.5. The van der Waals surface area contributed by atoms with Crippen LogP contribution in [0.3, 0.4) is 0 Å². The van der Waals surface area contributed by atoms with Crippen LogP contribution in [0.1, 0.15) is 77.5 Å². The molecule has 0 aliphatic carbocycles. The molecule has 3 N–H and O–H groups in total. The molecule has 10 heteroatoms. The van der Waals surface area contributed by atoms with Crippen LogP contribution < -0.4 is 30.0 Å². The van der Waals surface area contributed by atoms with Gasteiger partial charge in [0.15, 0.2) is 25.2 Å². The fraction of sp³-hybridized carbons (Fsp3) is 0.417. The maximum Gasteiger partial charge on any atom is 0.226 e. The van der Waals surface area contributed by atoms with Crippen LogP contribution in [-0.2, 0) is 41.8 Å². The van der Waals surface area contributed by atoms with Crippen LogP contribution in [0.5, 0.6) is 0 Å². The molecule has 0 unspecified atom stereocenters. The van der Waals surface area contributed by atoms with Gasteiger partial charge in [0.1, 0.15) is 6.54 Å². The SMILES string of the molecule is C=CC(/C=C/c1cc2c3c(c1)CCCN3CCC2)=C\C=[NH+]CCC(=O)NCCSSCCNC(=O)CC[n+]1ccc(/C=C/c2cc3c4c(c2)CCCN4CCC3)cc1. The summed E-state index contributed by atoms with van der Waals surface area (Å²) in [5.74, 6) is 1.75. The Morgan fingerprint density at radius 2 is 1.21 bits per heavy atom. The van der Waals surface area contributed by atoms with Crippen molar-refractivity contribution in [2.45, 2.75) is 70.8 Å². The Labute approximate surface area is 353 Å². The highest BCUT2D eigenvalue weighted by atomic mass is 33.1. The molecule has 0 spiro atoms. The number of hydrogen-bond acceptors (Lipinski definition) is 6. The van der Waals surface area contributed by atoms with E-state index in [1.807, 2.05) is 18.4 Å². The van der Waals surface area contributed by atoms with Gasteiger partial charge in [-0.05, 0) is 120 Å². The number of amides is 2. The average Bonchev–Trinajstić information content (AvgIpc) is 3.25. The van der Waals surface area contributed by atoms with Crippen LogP contribution in [0, 0.1) is 0 Å². The minimum absolute atomic E-state index is 0.0384. The Balaban J connectivity index is 0.709. The first-order valence-electron chi connectivity index (χ1n) is 21.4. The summed E-state index contributed by atoms with van der Waals surface area (Å²) in [6.07, 6.45) is 29.1. The minimum Gasteiger partial charge on any atom is -0.371 e. The molecule has 58 heavy (non-hydrogen) atoms. The van der Waals surface area contributed by atoms with E-state index in [4.69, 9.17) is 0 Å². The Hall–Kier alpha value is -4.54. The van der Waals surface area contributed by atoms with Crippen molar-refractivity contribution in [3.63, 3.8) is 0 Å². The second-order valence-corrected chi connectivity index (χ2v) is 18.3. The normalized spacial score (nSPS) is 16.2. The number of aryl methyl sites for hydroxylation is 5. The van der Waals surface area contributed by atoms with E-state index in [1.165, 1.54) is 122 Å². The largest absolute Gasteiger partial charge is 0.371 e. The van der Waals surface area contributed by atoms with E-state index in [1.54, 1.807) is 21.6 Å². The van der Waals surface area contributed by atoms with E-state index in [2.05, 4.69) is 110 Å². The van der Waals surface area contributed by atoms with E-state index in [0.717, 1.165) is 22.6 Å². The van der Waals surface area contributed by atoms with Gasteiger partial charge >= 0.3 is 0 Å². The molecule has 5 heterocycles. The summed E-state index contributed by atoms with van der Waals surface area (Å²) in [5.41, 5.74) is 13.7. The molecule has 2 aromatic carbocycles. The van der Waals surface area contributed by atoms with E-state index >= 15 is 0 Å². The molecule has 0 saturated carbocycles. The number of allylic oxidation sites excluding steroid dienone is 4. The molecule has 0 bridgehead atoms. The molecule has 0 fully saturated rings. The number of hydrogen-bond donors (Lipinski definition) is 3. The van der Waals surface area contributed by atoms with Crippen molar-refractivity contribution < 1.29 is 19.1 Å². The Morgan fingerprint density at radius 1 is 0.707 bits per heavy atom. The third kappa shape index (κ3) is 11.8. The zero-order valence-electron chi connectivity index (χ0n) is 34.0. The number of nitrogens with one attached hydrogen (secondary N) is 3. The fourth-order valence-corrected chi connectivity index (χ4v) is 10.4. The second-order valence-electron chi connectivity index (χ2n) is 15.6.